The second-order valence-corrected chi connectivity index (χ2v) is 5.37. The lowest BCUT2D eigenvalue weighted by molar-refractivity contribution is -0.605. The molecule has 0 unspecified atom stereocenters. The Morgan fingerprint density at radius 2 is 1.91 bits per heavy atom. The number of halogens is 4. The largest absolute Gasteiger partial charge is 0.619 e. The Bertz CT molecular complexity index is 768. The maximum absolute atomic E-state index is 12.4. The van der Waals surface area contributed by atoms with Crippen LogP contribution >= 0.6 is 23.2 Å². The molecule has 0 atom stereocenters. The Labute approximate surface area is 146 Å². The lowest BCUT2D eigenvalue weighted by Crippen LogP contribution is -2.25. The van der Waals surface area contributed by atoms with E-state index in [4.69, 9.17) is 32.1 Å². The average Bonchev–Trinajstić information content (AvgIpc) is 2.46. The molecule has 8 heteroatoms. The molecule has 0 aliphatic carbocycles. The van der Waals surface area contributed by atoms with Crippen molar-refractivity contribution in [3.8, 4) is 11.5 Å². The smallest absolute Gasteiger partial charge is 0.387 e. The van der Waals surface area contributed by atoms with Crippen molar-refractivity contribution in [1.82, 2.24) is 0 Å². The zero-order valence-corrected chi connectivity index (χ0v) is 13.1. The summed E-state index contributed by atoms with van der Waals surface area (Å²) in [5.41, 5.74) is 1.11. The zero-order chi connectivity index (χ0) is 19.5. The molecule has 0 bridgehead atoms. The van der Waals surface area contributed by atoms with Crippen LogP contribution in [0.1, 0.15) is 15.2 Å². The molecule has 2 aromatic rings. The Hall–Kier alpha value is -1.79. The number of benzene rings is 1. The van der Waals surface area contributed by atoms with Crippen LogP contribution in [0.4, 0.5) is 8.78 Å². The molecule has 0 N–H and O–H groups in total. The van der Waals surface area contributed by atoms with Crippen LogP contribution in [0.3, 0.4) is 0 Å². The maximum atomic E-state index is 12.4. The second-order valence-electron chi connectivity index (χ2n) is 4.55. The quantitative estimate of drug-likeness (QED) is 0.572. The van der Waals surface area contributed by atoms with E-state index in [1.54, 1.807) is 0 Å². The van der Waals surface area contributed by atoms with Crippen LogP contribution in [0.5, 0.6) is 11.5 Å². The highest BCUT2D eigenvalue weighted by Crippen LogP contribution is 2.30. The van der Waals surface area contributed by atoms with Gasteiger partial charge in [-0.05, 0) is 30.5 Å². The standard InChI is InChI=1S/C15H13Cl2F2NO3/c1-22-14-6-9(3-5-13(14)23-15(18)19)2-4-10-11(16)7-20(21)8-12(10)17/h3,5-8,15H,2,4H2,1H3/i1D3. The number of methoxy groups -OCH3 is 1. The van der Waals surface area contributed by atoms with Crippen molar-refractivity contribution in [2.75, 3.05) is 7.04 Å². The second kappa shape index (κ2) is 7.66. The maximum Gasteiger partial charge on any atom is 0.387 e. The summed E-state index contributed by atoms with van der Waals surface area (Å²) in [6.45, 7) is -3.12. The molecule has 1 heterocycles. The van der Waals surface area contributed by atoms with E-state index in [0.29, 0.717) is 28.7 Å². The first-order chi connectivity index (χ1) is 12.0. The van der Waals surface area contributed by atoms with Gasteiger partial charge < -0.3 is 14.7 Å². The van der Waals surface area contributed by atoms with Gasteiger partial charge in [-0.25, -0.2) is 0 Å². The Kier molecular flexibility index (Phi) is 4.54. The number of rotatable bonds is 6. The fourth-order valence-electron chi connectivity index (χ4n) is 2.02. The minimum Gasteiger partial charge on any atom is -0.619 e. The first-order valence-corrected chi connectivity index (χ1v) is 7.14. The van der Waals surface area contributed by atoms with Crippen LogP contribution < -0.4 is 14.2 Å². The van der Waals surface area contributed by atoms with Crippen molar-refractivity contribution in [2.24, 2.45) is 0 Å². The number of pyridine rings is 1. The molecule has 0 saturated carbocycles. The Balaban J connectivity index is 2.23. The molecule has 1 aromatic heterocycles. The lowest BCUT2D eigenvalue weighted by atomic mass is 10.0. The number of hydrogen-bond donors (Lipinski definition) is 0. The summed E-state index contributed by atoms with van der Waals surface area (Å²) in [4.78, 5) is 0. The van der Waals surface area contributed by atoms with Crippen molar-refractivity contribution in [3.63, 3.8) is 0 Å². The summed E-state index contributed by atoms with van der Waals surface area (Å²) in [5.74, 6) is -0.714. The number of aromatic nitrogens is 1. The third-order valence-electron chi connectivity index (χ3n) is 3.06. The van der Waals surface area contributed by atoms with E-state index in [1.165, 1.54) is 18.2 Å². The van der Waals surface area contributed by atoms with Crippen molar-refractivity contribution >= 4 is 23.2 Å². The number of hydrogen-bond acceptors (Lipinski definition) is 3. The molecule has 23 heavy (non-hydrogen) atoms. The Morgan fingerprint density at radius 3 is 2.52 bits per heavy atom. The molecule has 1 aromatic carbocycles. The summed E-state index contributed by atoms with van der Waals surface area (Å²) >= 11 is 12.0. The van der Waals surface area contributed by atoms with E-state index in [-0.39, 0.29) is 21.5 Å². The summed E-state index contributed by atoms with van der Waals surface area (Å²) in [6.07, 6.45) is 2.99. The molecule has 0 amide bonds. The predicted octanol–water partition coefficient (Wildman–Crippen LogP) is 4.02. The van der Waals surface area contributed by atoms with Crippen LogP contribution in [-0.4, -0.2) is 13.6 Å². The molecule has 0 aliphatic heterocycles. The fourth-order valence-corrected chi connectivity index (χ4v) is 2.65. The van der Waals surface area contributed by atoms with Gasteiger partial charge in [0.15, 0.2) is 23.9 Å². The number of ether oxygens (including phenoxy) is 2. The van der Waals surface area contributed by atoms with E-state index in [1.807, 2.05) is 0 Å². The molecule has 124 valence electrons. The van der Waals surface area contributed by atoms with Gasteiger partial charge in [0, 0.05) is 5.56 Å². The zero-order valence-electron chi connectivity index (χ0n) is 14.6. The van der Waals surface area contributed by atoms with E-state index in [0.717, 1.165) is 12.4 Å². The molecule has 0 spiro atoms. The van der Waals surface area contributed by atoms with Gasteiger partial charge >= 0.3 is 6.61 Å². The number of aryl methyl sites for hydroxylation is 1. The van der Waals surface area contributed by atoms with Gasteiger partial charge in [-0.15, -0.1) is 0 Å². The van der Waals surface area contributed by atoms with E-state index < -0.39 is 13.6 Å². The minimum atomic E-state index is -3.12. The minimum absolute atomic E-state index is 0.184. The first-order valence-electron chi connectivity index (χ1n) is 7.88. The summed E-state index contributed by atoms with van der Waals surface area (Å²) in [5, 5.41) is 11.6. The fraction of sp³-hybridized carbons (Fsp3) is 0.267. The van der Waals surface area contributed by atoms with Crippen LogP contribution in [0.2, 0.25) is 10.0 Å². The van der Waals surface area contributed by atoms with Crippen molar-refractivity contribution in [3.05, 3.63) is 57.0 Å². The molecule has 0 saturated heterocycles. The monoisotopic (exact) mass is 366 g/mol. The average molecular weight is 367 g/mol. The molecule has 0 radical (unpaired) electrons. The molecular formula is C15H13Cl2F2NO3. The summed E-state index contributed by atoms with van der Waals surface area (Å²) < 4.78 is 55.8. The van der Waals surface area contributed by atoms with Crippen LogP contribution in [0.15, 0.2) is 30.6 Å². The third kappa shape index (κ3) is 4.59. The van der Waals surface area contributed by atoms with Gasteiger partial charge in [-0.3, -0.25) is 0 Å². The first kappa shape index (κ1) is 13.6. The van der Waals surface area contributed by atoms with Gasteiger partial charge in [0.2, 0.25) is 0 Å². The molecule has 2 rings (SSSR count). The van der Waals surface area contributed by atoms with Gasteiger partial charge in [0.25, 0.3) is 0 Å². The summed E-state index contributed by atoms with van der Waals surface area (Å²) in [7, 11) is -2.83. The molecule has 4 nitrogen and oxygen atoms in total. The lowest BCUT2D eigenvalue weighted by Gasteiger charge is -2.12. The van der Waals surface area contributed by atoms with E-state index >= 15 is 0 Å². The van der Waals surface area contributed by atoms with Crippen molar-refractivity contribution in [2.45, 2.75) is 19.5 Å². The topological polar surface area (TPSA) is 45.4 Å². The molecule has 0 fully saturated rings. The van der Waals surface area contributed by atoms with Gasteiger partial charge in [-0.2, -0.15) is 13.5 Å². The highest BCUT2D eigenvalue weighted by molar-refractivity contribution is 6.35. The van der Waals surface area contributed by atoms with Crippen LogP contribution in [-0.2, 0) is 12.8 Å². The van der Waals surface area contributed by atoms with Gasteiger partial charge in [0.05, 0.1) is 11.2 Å². The van der Waals surface area contributed by atoms with Gasteiger partial charge in [-0.1, -0.05) is 29.3 Å². The van der Waals surface area contributed by atoms with Crippen molar-refractivity contribution < 1.29 is 27.1 Å². The van der Waals surface area contributed by atoms with E-state index in [9.17, 15) is 14.0 Å². The van der Waals surface area contributed by atoms with E-state index in [2.05, 4.69) is 4.74 Å². The Morgan fingerprint density at radius 1 is 1.22 bits per heavy atom. The molecule has 0 aliphatic rings. The number of nitrogens with zero attached hydrogens (tertiary/aromatic N) is 1. The number of alkyl halides is 2. The van der Waals surface area contributed by atoms with Crippen LogP contribution in [0, 0.1) is 5.21 Å². The highest BCUT2D eigenvalue weighted by Gasteiger charge is 2.14. The van der Waals surface area contributed by atoms with Gasteiger partial charge in [0.1, 0.15) is 10.0 Å². The SMILES string of the molecule is [2H]C([2H])([2H])Oc1cc(CCc2c(Cl)c[n+]([O-])cc2Cl)ccc1OC(F)F. The van der Waals surface area contributed by atoms with Crippen LogP contribution in [0.25, 0.3) is 0 Å². The highest BCUT2D eigenvalue weighted by atomic mass is 35.5. The third-order valence-corrected chi connectivity index (χ3v) is 3.71. The molecular weight excluding hydrogens is 351 g/mol. The summed E-state index contributed by atoms with van der Waals surface area (Å²) in [6, 6.07) is 3.98. The van der Waals surface area contributed by atoms with Crippen molar-refractivity contribution in [1.29, 1.82) is 0 Å². The predicted molar refractivity (Wildman–Crippen MR) is 82.5 cm³/mol. The normalized spacial score (nSPS) is 13.3.